The van der Waals surface area contributed by atoms with E-state index in [4.69, 9.17) is 0 Å². The van der Waals surface area contributed by atoms with Crippen LogP contribution in [0.15, 0.2) is 0 Å². The van der Waals surface area contributed by atoms with Crippen LogP contribution in [0.4, 0.5) is 0 Å². The molecule has 3 saturated carbocycles. The van der Waals surface area contributed by atoms with E-state index < -0.39 is 0 Å². The van der Waals surface area contributed by atoms with Crippen LogP contribution in [0.2, 0.25) is 3.98 Å². The first-order valence-electron chi connectivity index (χ1n) is 5.13. The van der Waals surface area contributed by atoms with Crippen LogP contribution in [0.25, 0.3) is 0 Å². The van der Waals surface area contributed by atoms with E-state index in [1.165, 1.54) is 16.7 Å². The summed E-state index contributed by atoms with van der Waals surface area (Å²) in [6.07, 6.45) is 3.71. The average Bonchev–Trinajstić information content (AvgIpc) is 2.50. The Bertz CT molecular complexity index is 261. The SMILES string of the molecule is CC1(C)C2(C=O)CC[C@@]1(C)[C@H]2[CH2][Tl]. The summed E-state index contributed by atoms with van der Waals surface area (Å²) in [4.78, 5) is 11.3. The molecule has 0 aromatic rings. The third kappa shape index (κ3) is 0.779. The molecule has 0 aromatic heterocycles. The normalized spacial score (nSPS) is 51.4. The van der Waals surface area contributed by atoms with Gasteiger partial charge in [0.15, 0.2) is 0 Å². The fraction of sp³-hybridized carbons (Fsp3) is 0.909. The van der Waals surface area contributed by atoms with Crippen LogP contribution in [-0.4, -0.2) is 32.1 Å². The fourth-order valence-electron chi connectivity index (χ4n) is 4.09. The van der Waals surface area contributed by atoms with E-state index in [9.17, 15) is 4.79 Å². The predicted molar refractivity (Wildman–Crippen MR) is 53.7 cm³/mol. The first kappa shape index (κ1) is 10.1. The second kappa shape index (κ2) is 2.58. The van der Waals surface area contributed by atoms with Gasteiger partial charge in [-0.25, -0.2) is 0 Å². The number of hydrogen-bond donors (Lipinski definition) is 0. The van der Waals surface area contributed by atoms with Crippen molar-refractivity contribution in [2.24, 2.45) is 22.2 Å². The Hall–Kier alpha value is 0.592. The molecule has 1 unspecified atom stereocenters. The molecule has 0 spiro atoms. The van der Waals surface area contributed by atoms with E-state index >= 15 is 0 Å². The van der Waals surface area contributed by atoms with Crippen LogP contribution in [0, 0.1) is 22.2 Å². The molecule has 2 bridgehead atoms. The van der Waals surface area contributed by atoms with Gasteiger partial charge in [0.05, 0.1) is 0 Å². The van der Waals surface area contributed by atoms with Gasteiger partial charge in [0, 0.05) is 0 Å². The summed E-state index contributed by atoms with van der Waals surface area (Å²) in [5.74, 6) is 0.720. The van der Waals surface area contributed by atoms with Gasteiger partial charge in [0.2, 0.25) is 0 Å². The Kier molecular flexibility index (Phi) is 2.01. The summed E-state index contributed by atoms with van der Waals surface area (Å²) >= 11 is 1.04. The van der Waals surface area contributed by atoms with Gasteiger partial charge in [-0.3, -0.25) is 0 Å². The van der Waals surface area contributed by atoms with Crippen molar-refractivity contribution in [1.82, 2.24) is 0 Å². The Labute approximate surface area is 96.3 Å². The van der Waals surface area contributed by atoms with Gasteiger partial charge in [0.1, 0.15) is 0 Å². The quantitative estimate of drug-likeness (QED) is 0.539. The zero-order chi connectivity index (χ0) is 9.91. The molecule has 13 heavy (non-hydrogen) atoms. The molecule has 0 N–H and O–H groups in total. The Balaban J connectivity index is 2.45. The second-order valence-corrected chi connectivity index (χ2v) is 7.32. The van der Waals surface area contributed by atoms with E-state index in [1.54, 1.807) is 0 Å². The minimum atomic E-state index is 0.0660. The standard InChI is InChI=1S/C11H17O.Tl/c1-8-10(4)5-6-11(8,7-12)9(10,2)3;/h7-8H,1,5-6H2,2-4H3;/t8-,10+,11?;/m1./s1. The Morgan fingerprint density at radius 1 is 1.38 bits per heavy atom. The molecule has 0 radical (unpaired) electrons. The van der Waals surface area contributed by atoms with Gasteiger partial charge < -0.3 is 0 Å². The number of carbonyl (C=O) groups excluding carboxylic acids is 1. The molecule has 3 aliphatic rings. The first-order chi connectivity index (χ1) is 5.96. The Morgan fingerprint density at radius 2 is 2.00 bits per heavy atom. The van der Waals surface area contributed by atoms with Gasteiger partial charge in [-0.05, 0) is 0 Å². The maximum absolute atomic E-state index is 11.3. The van der Waals surface area contributed by atoms with Crippen LogP contribution < -0.4 is 0 Å². The molecule has 0 aliphatic heterocycles. The van der Waals surface area contributed by atoms with Crippen LogP contribution in [0.5, 0.6) is 0 Å². The molecule has 0 aromatic carbocycles. The van der Waals surface area contributed by atoms with Gasteiger partial charge >= 0.3 is 96.6 Å². The molecule has 3 rings (SSSR count). The number of aldehydes is 1. The summed E-state index contributed by atoms with van der Waals surface area (Å²) in [5.41, 5.74) is 0.806. The van der Waals surface area contributed by atoms with Crippen LogP contribution in [0.1, 0.15) is 33.6 Å². The first-order valence-corrected chi connectivity index (χ1v) is 8.30. The number of hydrogen-bond acceptors (Lipinski definition) is 1. The van der Waals surface area contributed by atoms with Crippen LogP contribution in [-0.2, 0) is 4.79 Å². The zero-order valence-electron chi connectivity index (χ0n) is 8.76. The van der Waals surface area contributed by atoms with Crippen LogP contribution >= 0.6 is 0 Å². The topological polar surface area (TPSA) is 17.1 Å². The molecule has 3 fully saturated rings. The van der Waals surface area contributed by atoms with Gasteiger partial charge in [-0.15, -0.1) is 0 Å². The van der Waals surface area contributed by atoms with Crippen molar-refractivity contribution in [3.63, 3.8) is 0 Å². The van der Waals surface area contributed by atoms with E-state index in [0.717, 1.165) is 38.1 Å². The van der Waals surface area contributed by atoms with Crippen molar-refractivity contribution < 1.29 is 4.79 Å². The molecule has 2 heteroatoms. The molecule has 70 valence electrons. The summed E-state index contributed by atoms with van der Waals surface area (Å²) in [6.45, 7) is 6.99. The van der Waals surface area contributed by atoms with E-state index in [2.05, 4.69) is 20.8 Å². The summed E-state index contributed by atoms with van der Waals surface area (Å²) in [7, 11) is 0. The Morgan fingerprint density at radius 3 is 2.31 bits per heavy atom. The number of rotatable bonds is 2. The summed E-state index contributed by atoms with van der Waals surface area (Å²) in [6, 6.07) is 0. The predicted octanol–water partition coefficient (Wildman–Crippen LogP) is 2.21. The monoisotopic (exact) mass is 370 g/mol. The summed E-state index contributed by atoms with van der Waals surface area (Å²) in [5, 5.41) is 0. The molecule has 3 aliphatic carbocycles. The van der Waals surface area contributed by atoms with Crippen molar-refractivity contribution in [2.45, 2.75) is 37.6 Å². The van der Waals surface area contributed by atoms with Gasteiger partial charge in [-0.1, -0.05) is 0 Å². The summed E-state index contributed by atoms with van der Waals surface area (Å²) < 4.78 is 1.33. The molecular formula is C11H17OTl. The molecule has 0 amide bonds. The number of fused-ring (bicyclic) bond motifs is 1. The number of carbonyl (C=O) groups is 1. The molecule has 1 nitrogen and oxygen atoms in total. The van der Waals surface area contributed by atoms with Crippen molar-refractivity contribution in [3.05, 3.63) is 0 Å². The van der Waals surface area contributed by atoms with Crippen molar-refractivity contribution >= 4 is 32.1 Å². The third-order valence-corrected chi connectivity index (χ3v) is 7.32. The molecular weight excluding hydrogens is 353 g/mol. The van der Waals surface area contributed by atoms with E-state index in [-0.39, 0.29) is 10.8 Å². The van der Waals surface area contributed by atoms with Crippen molar-refractivity contribution in [3.8, 4) is 0 Å². The van der Waals surface area contributed by atoms with Crippen LogP contribution in [0.3, 0.4) is 0 Å². The maximum atomic E-state index is 11.3. The second-order valence-electron chi connectivity index (χ2n) is 5.49. The average molecular weight is 370 g/mol. The van der Waals surface area contributed by atoms with Gasteiger partial charge in [0.25, 0.3) is 0 Å². The van der Waals surface area contributed by atoms with E-state index in [1.807, 2.05) is 0 Å². The molecule has 3 atom stereocenters. The molecule has 0 heterocycles. The zero-order valence-corrected chi connectivity index (χ0v) is 13.3. The van der Waals surface area contributed by atoms with Crippen molar-refractivity contribution in [2.75, 3.05) is 0 Å². The van der Waals surface area contributed by atoms with E-state index in [0.29, 0.717) is 5.41 Å². The fourth-order valence-corrected chi connectivity index (χ4v) is 7.75. The molecule has 0 saturated heterocycles. The minimum absolute atomic E-state index is 0.0660. The van der Waals surface area contributed by atoms with Gasteiger partial charge in [-0.2, -0.15) is 0 Å². The third-order valence-electron chi connectivity index (χ3n) is 5.49. The van der Waals surface area contributed by atoms with Crippen molar-refractivity contribution in [1.29, 1.82) is 0 Å².